The number of nitrogens with zero attached hydrogens (tertiary/aromatic N) is 1. The molecule has 2 aromatic rings. The Labute approximate surface area is 98.5 Å². The number of benzene rings is 1. The third-order valence-corrected chi connectivity index (χ3v) is 2.43. The van der Waals surface area contributed by atoms with E-state index in [1.54, 1.807) is 30.3 Å². The van der Waals surface area contributed by atoms with Crippen molar-refractivity contribution in [3.63, 3.8) is 0 Å². The van der Waals surface area contributed by atoms with Gasteiger partial charge in [0.15, 0.2) is 0 Å². The molecule has 1 unspecified atom stereocenters. The second-order valence-electron chi connectivity index (χ2n) is 3.53. The fourth-order valence-corrected chi connectivity index (χ4v) is 1.55. The smallest absolute Gasteiger partial charge is 0.213 e. The summed E-state index contributed by atoms with van der Waals surface area (Å²) in [6.45, 7) is 0. The van der Waals surface area contributed by atoms with Gasteiger partial charge in [0.25, 0.3) is 0 Å². The lowest BCUT2D eigenvalue weighted by Crippen LogP contribution is -2.05. The van der Waals surface area contributed by atoms with Crippen LogP contribution in [0, 0.1) is 5.82 Å². The zero-order valence-electron chi connectivity index (χ0n) is 9.30. The van der Waals surface area contributed by atoms with E-state index in [1.165, 1.54) is 19.2 Å². The van der Waals surface area contributed by atoms with Crippen LogP contribution in [-0.2, 0) is 0 Å². The van der Waals surface area contributed by atoms with Crippen LogP contribution in [-0.4, -0.2) is 17.2 Å². The van der Waals surface area contributed by atoms with Crippen LogP contribution in [0.4, 0.5) is 4.39 Å². The molecule has 0 saturated heterocycles. The maximum absolute atomic E-state index is 13.5. The minimum absolute atomic E-state index is 0.202. The zero-order valence-corrected chi connectivity index (χ0v) is 9.30. The van der Waals surface area contributed by atoms with Gasteiger partial charge in [-0.05, 0) is 12.1 Å². The molecule has 1 atom stereocenters. The summed E-state index contributed by atoms with van der Waals surface area (Å²) in [5.41, 5.74) is 0.558. The van der Waals surface area contributed by atoms with Crippen LogP contribution in [0.15, 0.2) is 42.5 Å². The molecule has 1 heterocycles. The highest BCUT2D eigenvalue weighted by atomic mass is 19.1. The summed E-state index contributed by atoms with van der Waals surface area (Å²) < 4.78 is 18.4. The zero-order chi connectivity index (χ0) is 12.3. The first-order valence-corrected chi connectivity index (χ1v) is 5.16. The van der Waals surface area contributed by atoms with E-state index >= 15 is 0 Å². The number of halogens is 1. The number of pyridine rings is 1. The van der Waals surface area contributed by atoms with Crippen molar-refractivity contribution in [1.29, 1.82) is 0 Å². The lowest BCUT2D eigenvalue weighted by molar-refractivity contribution is 0.208. The summed E-state index contributed by atoms with van der Waals surface area (Å²) in [5.74, 6) is -0.0671. The molecular formula is C13H12FNO2. The van der Waals surface area contributed by atoms with Crippen LogP contribution >= 0.6 is 0 Å². The van der Waals surface area contributed by atoms with Crippen molar-refractivity contribution in [2.75, 3.05) is 7.11 Å². The molecule has 0 bridgehead atoms. The quantitative estimate of drug-likeness (QED) is 0.884. The second-order valence-corrected chi connectivity index (χ2v) is 3.53. The molecule has 1 aromatic heterocycles. The van der Waals surface area contributed by atoms with E-state index in [0.717, 1.165) is 0 Å². The Balaban J connectivity index is 2.37. The van der Waals surface area contributed by atoms with Crippen molar-refractivity contribution in [3.8, 4) is 5.88 Å². The van der Waals surface area contributed by atoms with E-state index in [9.17, 15) is 9.50 Å². The first-order chi connectivity index (χ1) is 8.22. The molecule has 0 radical (unpaired) electrons. The molecule has 0 aliphatic carbocycles. The molecule has 0 fully saturated rings. The van der Waals surface area contributed by atoms with E-state index in [1.807, 2.05) is 0 Å². The van der Waals surface area contributed by atoms with Crippen molar-refractivity contribution < 1.29 is 14.2 Å². The minimum atomic E-state index is -1.09. The molecule has 4 heteroatoms. The summed E-state index contributed by atoms with van der Waals surface area (Å²) in [5, 5.41) is 10.0. The van der Waals surface area contributed by atoms with Gasteiger partial charge in [0.2, 0.25) is 5.88 Å². The Morgan fingerprint density at radius 1 is 1.18 bits per heavy atom. The molecular weight excluding hydrogens is 221 g/mol. The van der Waals surface area contributed by atoms with Crippen molar-refractivity contribution in [2.24, 2.45) is 0 Å². The van der Waals surface area contributed by atoms with Gasteiger partial charge in [-0.25, -0.2) is 9.37 Å². The van der Waals surface area contributed by atoms with E-state index in [2.05, 4.69) is 4.98 Å². The summed E-state index contributed by atoms with van der Waals surface area (Å²) in [6, 6.07) is 11.1. The minimum Gasteiger partial charge on any atom is -0.481 e. The number of methoxy groups -OCH3 is 1. The van der Waals surface area contributed by atoms with Crippen molar-refractivity contribution in [2.45, 2.75) is 6.10 Å². The number of aliphatic hydroxyl groups excluding tert-OH is 1. The van der Waals surface area contributed by atoms with E-state index in [4.69, 9.17) is 4.74 Å². The number of rotatable bonds is 3. The molecule has 1 N–H and O–H groups in total. The van der Waals surface area contributed by atoms with Gasteiger partial charge in [-0.15, -0.1) is 0 Å². The Hall–Kier alpha value is -1.94. The highest BCUT2D eigenvalue weighted by molar-refractivity contribution is 5.28. The number of ether oxygens (including phenoxy) is 1. The summed E-state index contributed by atoms with van der Waals surface area (Å²) in [6.07, 6.45) is -1.09. The van der Waals surface area contributed by atoms with Crippen LogP contribution in [0.3, 0.4) is 0 Å². The Morgan fingerprint density at radius 2 is 1.94 bits per heavy atom. The molecule has 3 nitrogen and oxygen atoms in total. The first-order valence-electron chi connectivity index (χ1n) is 5.16. The van der Waals surface area contributed by atoms with Crippen molar-refractivity contribution >= 4 is 0 Å². The van der Waals surface area contributed by atoms with Crippen LogP contribution < -0.4 is 4.74 Å². The van der Waals surface area contributed by atoms with Crippen LogP contribution in [0.25, 0.3) is 0 Å². The SMILES string of the molecule is COc1cccc(C(O)c2ccccc2F)n1. The van der Waals surface area contributed by atoms with Gasteiger partial charge in [-0.3, -0.25) is 0 Å². The molecule has 2 rings (SSSR count). The van der Waals surface area contributed by atoms with Gasteiger partial charge in [0.1, 0.15) is 11.9 Å². The topological polar surface area (TPSA) is 42.4 Å². The van der Waals surface area contributed by atoms with Crippen LogP contribution in [0.1, 0.15) is 17.4 Å². The standard InChI is InChI=1S/C13H12FNO2/c1-17-12-8-4-7-11(15-12)13(16)9-5-2-3-6-10(9)14/h2-8,13,16H,1H3. The van der Waals surface area contributed by atoms with Crippen molar-refractivity contribution in [3.05, 3.63) is 59.5 Å². The Bertz CT molecular complexity index is 516. The largest absolute Gasteiger partial charge is 0.481 e. The van der Waals surface area contributed by atoms with E-state index in [0.29, 0.717) is 11.6 Å². The average Bonchev–Trinajstić information content (AvgIpc) is 2.38. The molecule has 1 aromatic carbocycles. The molecule has 0 saturated carbocycles. The van der Waals surface area contributed by atoms with Crippen LogP contribution in [0.5, 0.6) is 5.88 Å². The summed E-state index contributed by atoms with van der Waals surface area (Å²) in [4.78, 5) is 4.07. The van der Waals surface area contributed by atoms with Gasteiger partial charge in [-0.1, -0.05) is 24.3 Å². The number of hydrogen-bond donors (Lipinski definition) is 1. The summed E-state index contributed by atoms with van der Waals surface area (Å²) >= 11 is 0. The Kier molecular flexibility index (Phi) is 3.35. The third kappa shape index (κ3) is 2.42. The monoisotopic (exact) mass is 233 g/mol. The van der Waals surface area contributed by atoms with Crippen LogP contribution in [0.2, 0.25) is 0 Å². The highest BCUT2D eigenvalue weighted by Crippen LogP contribution is 2.23. The lowest BCUT2D eigenvalue weighted by atomic mass is 10.1. The maximum atomic E-state index is 13.5. The van der Waals surface area contributed by atoms with Gasteiger partial charge < -0.3 is 9.84 Å². The van der Waals surface area contributed by atoms with Gasteiger partial charge in [-0.2, -0.15) is 0 Å². The maximum Gasteiger partial charge on any atom is 0.213 e. The molecule has 0 aliphatic heterocycles. The summed E-state index contributed by atoms with van der Waals surface area (Å²) in [7, 11) is 1.49. The molecule has 88 valence electrons. The average molecular weight is 233 g/mol. The van der Waals surface area contributed by atoms with Gasteiger partial charge in [0.05, 0.1) is 12.8 Å². The highest BCUT2D eigenvalue weighted by Gasteiger charge is 2.16. The number of aromatic nitrogens is 1. The lowest BCUT2D eigenvalue weighted by Gasteiger charge is -2.12. The number of aliphatic hydroxyl groups is 1. The third-order valence-electron chi connectivity index (χ3n) is 2.43. The molecule has 0 aliphatic rings. The fraction of sp³-hybridized carbons (Fsp3) is 0.154. The normalized spacial score (nSPS) is 12.2. The Morgan fingerprint density at radius 3 is 2.65 bits per heavy atom. The number of hydrogen-bond acceptors (Lipinski definition) is 3. The van der Waals surface area contributed by atoms with Gasteiger partial charge in [0, 0.05) is 11.6 Å². The fourth-order valence-electron chi connectivity index (χ4n) is 1.55. The molecule has 0 spiro atoms. The second kappa shape index (κ2) is 4.93. The van der Waals surface area contributed by atoms with E-state index < -0.39 is 11.9 Å². The molecule has 17 heavy (non-hydrogen) atoms. The molecule has 0 amide bonds. The predicted octanol–water partition coefficient (Wildman–Crippen LogP) is 2.31. The predicted molar refractivity (Wildman–Crippen MR) is 61.3 cm³/mol. The van der Waals surface area contributed by atoms with Crippen molar-refractivity contribution in [1.82, 2.24) is 4.98 Å². The first kappa shape index (κ1) is 11.5. The van der Waals surface area contributed by atoms with Gasteiger partial charge >= 0.3 is 0 Å². The van der Waals surface area contributed by atoms with E-state index in [-0.39, 0.29) is 5.56 Å².